The fourth-order valence-corrected chi connectivity index (χ4v) is 8.52. The van der Waals surface area contributed by atoms with Crippen LogP contribution < -0.4 is 15.9 Å². The number of hydrogen-bond acceptors (Lipinski definition) is 3. The van der Waals surface area contributed by atoms with E-state index in [2.05, 4.69) is 103 Å². The van der Waals surface area contributed by atoms with Gasteiger partial charge in [0.25, 0.3) is 0 Å². The molecule has 0 aromatic heterocycles. The van der Waals surface area contributed by atoms with E-state index < -0.39 is 13.2 Å². The molecule has 4 aromatic rings. The minimum absolute atomic E-state index is 0.000645. The van der Waals surface area contributed by atoms with E-state index in [1.54, 1.807) is 13.0 Å². The molecule has 4 rings (SSSR count). The van der Waals surface area contributed by atoms with Crippen molar-refractivity contribution >= 4 is 35.2 Å². The summed E-state index contributed by atoms with van der Waals surface area (Å²) in [4.78, 5) is 12.0. The highest BCUT2D eigenvalue weighted by Crippen LogP contribution is 2.58. The van der Waals surface area contributed by atoms with E-state index in [0.29, 0.717) is 0 Å². The number of ether oxygens (including phenoxy) is 1. The predicted molar refractivity (Wildman–Crippen MR) is 146 cm³/mol. The Morgan fingerprint density at radius 2 is 1.23 bits per heavy atom. The zero-order valence-electron chi connectivity index (χ0n) is 19.7. The molecule has 0 radical (unpaired) electrons. The van der Waals surface area contributed by atoms with Crippen LogP contribution in [0, 0.1) is 11.3 Å². The Hall–Kier alpha value is -3.99. The molecule has 0 bridgehead atoms. The van der Waals surface area contributed by atoms with Crippen LogP contribution in [-0.4, -0.2) is 12.6 Å². The van der Waals surface area contributed by atoms with Gasteiger partial charge >= 0.3 is 5.97 Å². The van der Waals surface area contributed by atoms with Gasteiger partial charge in [-0.15, -0.1) is 0 Å². The smallest absolute Gasteiger partial charge is 0.348 e. The Labute approximate surface area is 207 Å². The van der Waals surface area contributed by atoms with Crippen molar-refractivity contribution in [3.63, 3.8) is 0 Å². The number of esters is 1. The summed E-state index contributed by atoms with van der Waals surface area (Å²) in [6.07, 6.45) is 2.44. The second-order valence-corrected chi connectivity index (χ2v) is 11.6. The molecular weight excluding hydrogens is 449 g/mol. The fraction of sp³-hybridized carbons (Fsp3) is 0.0968. The quantitative estimate of drug-likeness (QED) is 0.143. The lowest BCUT2D eigenvalue weighted by Crippen LogP contribution is -2.32. The Kier molecular flexibility index (Phi) is 7.88. The number of nitrogens with zero attached hydrogens (tertiary/aromatic N) is 1. The van der Waals surface area contributed by atoms with Crippen LogP contribution in [0.5, 0.6) is 0 Å². The van der Waals surface area contributed by atoms with E-state index >= 15 is 0 Å². The summed E-state index contributed by atoms with van der Waals surface area (Å²) >= 11 is 0. The molecule has 3 nitrogen and oxygen atoms in total. The third-order valence-corrected chi connectivity index (χ3v) is 10.3. The van der Waals surface area contributed by atoms with E-state index in [1.807, 2.05) is 18.2 Å². The number of rotatable bonds is 8. The van der Waals surface area contributed by atoms with Crippen LogP contribution in [0.1, 0.15) is 18.1 Å². The van der Waals surface area contributed by atoms with Crippen LogP contribution in [0.4, 0.5) is 0 Å². The number of hydrogen-bond donors (Lipinski definition) is 0. The van der Waals surface area contributed by atoms with Gasteiger partial charge < -0.3 is 4.74 Å². The molecule has 172 valence electrons. The highest BCUT2D eigenvalue weighted by Gasteiger charge is 2.45. The normalized spacial score (nSPS) is 11.5. The molecule has 0 amide bonds. The lowest BCUT2D eigenvalue weighted by molar-refractivity contribution is -0.137. The van der Waals surface area contributed by atoms with Crippen LogP contribution in [0.3, 0.4) is 0 Å². The number of nitriles is 1. The summed E-state index contributed by atoms with van der Waals surface area (Å²) in [5.41, 5.74) is 1.99. The zero-order chi connectivity index (χ0) is 24.5. The molecule has 35 heavy (non-hydrogen) atoms. The van der Waals surface area contributed by atoms with Gasteiger partial charge in [-0.1, -0.05) is 78.9 Å². The third-order valence-electron chi connectivity index (χ3n) is 5.92. The molecule has 0 spiro atoms. The van der Waals surface area contributed by atoms with Crippen molar-refractivity contribution in [3.8, 4) is 6.07 Å². The Bertz CT molecular complexity index is 1230. The third kappa shape index (κ3) is 5.40. The molecule has 0 aliphatic carbocycles. The first-order chi connectivity index (χ1) is 17.2. The minimum Gasteiger partial charge on any atom is -0.462 e. The maximum absolute atomic E-state index is 12.0. The fourth-order valence-electron chi connectivity index (χ4n) is 4.27. The lowest BCUT2D eigenvalue weighted by Gasteiger charge is -2.28. The summed E-state index contributed by atoms with van der Waals surface area (Å²) < 4.78 is 4.98. The van der Waals surface area contributed by atoms with Crippen molar-refractivity contribution in [1.82, 2.24) is 0 Å². The summed E-state index contributed by atoms with van der Waals surface area (Å²) in [6.45, 7) is 1.96. The second-order valence-electron chi connectivity index (χ2n) is 8.11. The van der Waals surface area contributed by atoms with Crippen LogP contribution in [0.15, 0.2) is 121 Å². The van der Waals surface area contributed by atoms with Gasteiger partial charge in [-0.2, -0.15) is 5.26 Å². The van der Waals surface area contributed by atoms with Crippen molar-refractivity contribution in [2.45, 2.75) is 13.1 Å². The van der Waals surface area contributed by atoms with Gasteiger partial charge in [0, 0.05) is 0 Å². The average molecular weight is 477 g/mol. The van der Waals surface area contributed by atoms with Crippen LogP contribution in [0.25, 0.3) is 6.08 Å². The number of benzene rings is 4. The SMILES string of the molecule is CCOC(=O)/C(C#N)=C\c1ccc(C[P+](c2ccccc2)(c2ccccc2)c2ccccc2)cc1. The van der Waals surface area contributed by atoms with Crippen molar-refractivity contribution in [1.29, 1.82) is 5.26 Å². The second kappa shape index (κ2) is 11.4. The van der Waals surface area contributed by atoms with E-state index in [0.717, 1.165) is 11.7 Å². The van der Waals surface area contributed by atoms with Gasteiger partial charge in [-0.05, 0) is 60.5 Å². The van der Waals surface area contributed by atoms with Gasteiger partial charge in [-0.3, -0.25) is 0 Å². The Morgan fingerprint density at radius 1 is 0.771 bits per heavy atom. The maximum atomic E-state index is 12.0. The van der Waals surface area contributed by atoms with Gasteiger partial charge in [0.05, 0.1) is 12.8 Å². The molecular formula is C31H27NO2P+. The van der Waals surface area contributed by atoms with Gasteiger partial charge in [0.1, 0.15) is 34.8 Å². The topological polar surface area (TPSA) is 50.1 Å². The highest BCUT2D eigenvalue weighted by atomic mass is 31.2. The predicted octanol–water partition coefficient (Wildman–Crippen LogP) is 5.65. The van der Waals surface area contributed by atoms with E-state index in [9.17, 15) is 10.1 Å². The molecule has 0 aliphatic heterocycles. The van der Waals surface area contributed by atoms with Gasteiger partial charge in [0.2, 0.25) is 0 Å². The Morgan fingerprint density at radius 3 is 1.63 bits per heavy atom. The molecule has 0 saturated carbocycles. The van der Waals surface area contributed by atoms with Crippen molar-refractivity contribution in [2.24, 2.45) is 0 Å². The average Bonchev–Trinajstić information content (AvgIpc) is 2.93. The summed E-state index contributed by atoms with van der Waals surface area (Å²) in [7, 11) is -1.99. The highest BCUT2D eigenvalue weighted by molar-refractivity contribution is 7.95. The van der Waals surface area contributed by atoms with Gasteiger partial charge in [0.15, 0.2) is 0 Å². The number of carbonyl (C=O) groups is 1. The van der Waals surface area contributed by atoms with Crippen LogP contribution in [-0.2, 0) is 15.7 Å². The number of carbonyl (C=O) groups excluding carboxylic acids is 1. The van der Waals surface area contributed by atoms with E-state index in [1.165, 1.54) is 21.5 Å². The van der Waals surface area contributed by atoms with Crippen molar-refractivity contribution < 1.29 is 9.53 Å². The molecule has 0 unspecified atom stereocenters. The van der Waals surface area contributed by atoms with E-state index in [-0.39, 0.29) is 12.2 Å². The van der Waals surface area contributed by atoms with Crippen molar-refractivity contribution in [2.75, 3.05) is 6.61 Å². The molecule has 0 aliphatic rings. The lowest BCUT2D eigenvalue weighted by atomic mass is 10.1. The van der Waals surface area contributed by atoms with Gasteiger partial charge in [-0.25, -0.2) is 4.79 Å². The summed E-state index contributed by atoms with van der Waals surface area (Å²) in [5.74, 6) is -0.596. The molecule has 0 fully saturated rings. The van der Waals surface area contributed by atoms with Crippen molar-refractivity contribution in [3.05, 3.63) is 132 Å². The first-order valence-electron chi connectivity index (χ1n) is 11.6. The first-order valence-corrected chi connectivity index (χ1v) is 13.6. The Balaban J connectivity index is 1.79. The van der Waals surface area contributed by atoms with E-state index in [4.69, 9.17) is 4.74 Å². The molecule has 0 heterocycles. The van der Waals surface area contributed by atoms with Crippen LogP contribution >= 0.6 is 7.26 Å². The zero-order valence-corrected chi connectivity index (χ0v) is 20.6. The first kappa shape index (κ1) is 24.1. The summed E-state index contributed by atoms with van der Waals surface area (Å²) in [6, 6.07) is 42.4. The molecule has 4 aromatic carbocycles. The van der Waals surface area contributed by atoms with Crippen LogP contribution in [0.2, 0.25) is 0 Å². The minimum atomic E-state index is -1.99. The standard InChI is InChI=1S/C31H27NO2P/c1-2-34-31(33)27(23-32)22-25-18-20-26(21-19-25)24-35(28-12-6-3-7-13-28,29-14-8-4-9-15-29)30-16-10-5-11-17-30/h3-22H,2,24H2,1H3/q+1/b27-22-. The largest absolute Gasteiger partial charge is 0.462 e. The molecule has 0 N–H and O–H groups in total. The molecule has 0 saturated heterocycles. The summed E-state index contributed by atoms with van der Waals surface area (Å²) in [5, 5.41) is 13.3. The molecule has 0 atom stereocenters. The monoisotopic (exact) mass is 476 g/mol. The maximum Gasteiger partial charge on any atom is 0.348 e. The molecule has 4 heteroatoms.